The van der Waals surface area contributed by atoms with Crippen LogP contribution in [0.25, 0.3) is 0 Å². The highest BCUT2D eigenvalue weighted by Crippen LogP contribution is 2.41. The van der Waals surface area contributed by atoms with E-state index < -0.39 is 108 Å². The van der Waals surface area contributed by atoms with Crippen LogP contribution in [0.2, 0.25) is 0 Å². The number of ether oxygens (including phenoxy) is 3. The summed E-state index contributed by atoms with van der Waals surface area (Å²) in [6, 6.07) is 15.2. The summed E-state index contributed by atoms with van der Waals surface area (Å²) in [5.74, 6) is -10.1. The summed E-state index contributed by atoms with van der Waals surface area (Å²) >= 11 is 0. The van der Waals surface area contributed by atoms with Gasteiger partial charge in [0.25, 0.3) is 11.8 Å². The third-order valence-corrected chi connectivity index (χ3v) is 20.3. The van der Waals surface area contributed by atoms with Crippen LogP contribution in [0.4, 0.5) is 34.1 Å². The van der Waals surface area contributed by atoms with Crippen molar-refractivity contribution in [1.29, 1.82) is 0 Å². The number of nitrogens with two attached hydrogens (primary N) is 2. The Morgan fingerprint density at radius 2 is 1.33 bits per heavy atom. The number of primary amides is 1. The Kier molecular flexibility index (Phi) is 38.0. The number of hydrogen-bond donors (Lipinski definition) is 9. The van der Waals surface area contributed by atoms with Crippen molar-refractivity contribution in [2.45, 2.75) is 200 Å². The number of carboxylic acid groups (broad SMARTS) is 2. The van der Waals surface area contributed by atoms with E-state index in [2.05, 4.69) is 26.6 Å². The van der Waals surface area contributed by atoms with Crippen molar-refractivity contribution in [3.05, 3.63) is 108 Å². The first-order valence-electron chi connectivity index (χ1n) is 37.7. The predicted octanol–water partition coefficient (Wildman–Crippen LogP) is 6.92. The number of rotatable bonds is 43. The van der Waals surface area contributed by atoms with Crippen LogP contribution in [0.3, 0.4) is 0 Å². The van der Waals surface area contributed by atoms with Gasteiger partial charge in [-0.1, -0.05) is 123 Å². The number of methoxy groups -OCH3 is 2. The number of aliphatic carboxylic acids is 2. The molecular formula is C79H115F3N12O18. The van der Waals surface area contributed by atoms with Crippen LogP contribution in [0.15, 0.2) is 91.0 Å². The molecule has 5 rings (SSSR count). The summed E-state index contributed by atoms with van der Waals surface area (Å²) in [5, 5.41) is 31.2. The molecule has 30 nitrogen and oxygen atoms in total. The number of urea groups is 1. The molecule has 0 radical (unpaired) electrons. The lowest BCUT2D eigenvalue weighted by molar-refractivity contribution is -0.192. The van der Waals surface area contributed by atoms with Crippen molar-refractivity contribution >= 4 is 88.5 Å². The number of carbonyl (C=O) groups is 13. The number of alkyl halides is 3. The van der Waals surface area contributed by atoms with Gasteiger partial charge in [-0.2, -0.15) is 13.2 Å². The molecule has 2 aliphatic heterocycles. The molecule has 0 spiro atoms. The monoisotopic (exact) mass is 1580 g/mol. The van der Waals surface area contributed by atoms with Gasteiger partial charge in [0.05, 0.1) is 42.5 Å². The molecule has 3 aromatic carbocycles. The van der Waals surface area contributed by atoms with Gasteiger partial charge >= 0.3 is 30.2 Å². The maximum Gasteiger partial charge on any atom is 0.490 e. The Balaban J connectivity index is 0.00000359. The Bertz CT molecular complexity index is 3680. The van der Waals surface area contributed by atoms with E-state index >= 15 is 0 Å². The van der Waals surface area contributed by atoms with Crippen molar-refractivity contribution < 1.29 is 99.9 Å². The number of imide groups is 1. The molecule has 0 aromatic heterocycles. The lowest BCUT2D eigenvalue weighted by Gasteiger charge is -2.43. The van der Waals surface area contributed by atoms with Crippen molar-refractivity contribution in [3.8, 4) is 0 Å². The summed E-state index contributed by atoms with van der Waals surface area (Å²) in [6.45, 7) is 17.7. The van der Waals surface area contributed by atoms with E-state index in [4.69, 9.17) is 35.6 Å². The third kappa shape index (κ3) is 27.8. The van der Waals surface area contributed by atoms with Crippen molar-refractivity contribution in [2.75, 3.05) is 78.4 Å². The van der Waals surface area contributed by atoms with Gasteiger partial charge in [0.15, 0.2) is 5.78 Å². The summed E-state index contributed by atoms with van der Waals surface area (Å²) in [6.07, 6.45) is -0.0405. The molecule has 1 fully saturated rings. The molecule has 6 unspecified atom stereocenters. The van der Waals surface area contributed by atoms with Crippen molar-refractivity contribution in [3.63, 3.8) is 0 Å². The van der Waals surface area contributed by atoms with Gasteiger partial charge in [0.2, 0.25) is 35.4 Å². The van der Waals surface area contributed by atoms with Crippen molar-refractivity contribution in [2.24, 2.45) is 40.6 Å². The Morgan fingerprint density at radius 3 is 1.87 bits per heavy atom. The highest BCUT2D eigenvalue weighted by Gasteiger charge is 2.52. The van der Waals surface area contributed by atoms with E-state index in [1.165, 1.54) is 31.3 Å². The van der Waals surface area contributed by atoms with Gasteiger partial charge in [-0.3, -0.25) is 62.6 Å². The molecule has 2 heterocycles. The fourth-order valence-corrected chi connectivity index (χ4v) is 13.8. The molecule has 33 heteroatoms. The summed E-state index contributed by atoms with van der Waals surface area (Å²) in [5.41, 5.74) is 13.1. The largest absolute Gasteiger partial charge is 0.490 e. The zero-order valence-electron chi connectivity index (χ0n) is 66.6. The number of unbranched alkanes of at least 4 members (excludes halogenated alkanes) is 2. The fourth-order valence-electron chi connectivity index (χ4n) is 13.8. The van der Waals surface area contributed by atoms with E-state index in [1.54, 1.807) is 111 Å². The second kappa shape index (κ2) is 45.0. The zero-order valence-corrected chi connectivity index (χ0v) is 66.6. The van der Waals surface area contributed by atoms with Crippen LogP contribution in [-0.4, -0.2) is 230 Å². The smallest absolute Gasteiger partial charge is 0.480 e. The molecule has 2 aliphatic rings. The van der Waals surface area contributed by atoms with Gasteiger partial charge in [0.1, 0.15) is 30.8 Å². The fraction of sp³-hybridized carbons (Fsp3) is 0.582. The third-order valence-electron chi connectivity index (χ3n) is 20.3. The van der Waals surface area contributed by atoms with E-state index in [-0.39, 0.29) is 111 Å². The Hall–Kier alpha value is -9.86. The number of ketones is 1. The number of benzene rings is 3. The molecule has 112 heavy (non-hydrogen) atoms. The highest BCUT2D eigenvalue weighted by molar-refractivity contribution is 6.13. The van der Waals surface area contributed by atoms with Crippen LogP contribution >= 0.6 is 0 Å². The van der Waals surface area contributed by atoms with Gasteiger partial charge in [-0.25, -0.2) is 14.4 Å². The lowest BCUT2D eigenvalue weighted by atomic mass is 9.69. The van der Waals surface area contributed by atoms with Gasteiger partial charge in [-0.15, -0.1) is 0 Å². The van der Waals surface area contributed by atoms with Crippen LogP contribution in [-0.2, 0) is 80.0 Å². The molecule has 11 amide bonds. The number of Topliss-reactive ketones (excluding diaryl/α,β-unsaturated/α-hetero) is 1. The average Bonchev–Trinajstić information content (AvgIpc) is 1.44. The number of carboxylic acids is 2. The standard InChI is InChI=1S/C77H114N12O16.C2HF3O2/c1-15-50(8)68(57(104-14)44-62(93)88-42-23-27-58(88)77(9,46-103-13)69(94)63(64(78)74(99)100)53-24-18-16-19-25-53)87(12)73(98)66(48(4)5)84-72(97)67(49(6)7)85(10)43-39-51-31-35-55(36-32-51)86(11)76(102)105-45-52-29-33-54(34-30-52)81-70(95)56(26-22-40-80-75(79)101)82-71(96)65(47(2)3)83-59(90)28-20-17-21-41-89-60(91)37-38-61(89)92;3-2(4,5)1(6)7/h16,18-19,24-25,29-38,47-50,56-58,63-68H,15,17,20-23,26-28,39-46,78H2,1-14H3,(H,81,95)(H,82,96)(H,83,90)(H,84,97)(H,99,100)(H3,79,80,101);(H,6,7)/t50-,56?,57+,58?,63+,64+,65?,66?,67?,68-,77?;/m0./s1. The predicted molar refractivity (Wildman–Crippen MR) is 411 cm³/mol. The second-order valence-electron chi connectivity index (χ2n) is 29.7. The number of nitrogens with one attached hydrogen (secondary N) is 5. The number of halogens is 3. The Morgan fingerprint density at radius 1 is 0.732 bits per heavy atom. The normalized spacial score (nSPS) is 16.5. The van der Waals surface area contributed by atoms with Crippen molar-refractivity contribution in [1.82, 2.24) is 40.9 Å². The Labute approximate surface area is 653 Å². The number of anilines is 2. The number of carbonyl (C=O) groups excluding carboxylic acids is 11. The van der Waals surface area contributed by atoms with Crippen LogP contribution in [0.1, 0.15) is 149 Å². The topological polar surface area (TPSA) is 418 Å². The first kappa shape index (κ1) is 94.5. The van der Waals surface area contributed by atoms with Gasteiger partial charge in [-0.05, 0) is 124 Å². The molecule has 11 N–H and O–H groups in total. The van der Waals surface area contributed by atoms with Crippen LogP contribution in [0.5, 0.6) is 0 Å². The van der Waals surface area contributed by atoms with E-state index in [9.17, 15) is 75.8 Å². The second-order valence-corrected chi connectivity index (χ2v) is 29.7. The number of hydrogen-bond acceptors (Lipinski definition) is 18. The quantitative estimate of drug-likeness (QED) is 0.0205. The van der Waals surface area contributed by atoms with Gasteiger partial charge < -0.3 is 72.3 Å². The van der Waals surface area contributed by atoms with E-state index in [1.807, 2.05) is 65.6 Å². The molecule has 3 aromatic rings. The average molecular weight is 1580 g/mol. The summed E-state index contributed by atoms with van der Waals surface area (Å²) < 4.78 is 49.2. The first-order valence-corrected chi connectivity index (χ1v) is 37.7. The molecule has 0 bridgehead atoms. The van der Waals surface area contributed by atoms with E-state index in [0.29, 0.717) is 80.5 Å². The number of nitrogens with zero attached hydrogens (tertiary/aromatic N) is 5. The molecule has 0 saturated carbocycles. The summed E-state index contributed by atoms with van der Waals surface area (Å²) in [7, 11) is 8.06. The SMILES string of the molecule is CC[C@H](C)[C@@H]([C@@H](CC(=O)N1CCCC1C(C)(COC)C(=O)[C@H](c1ccccc1)[C@@H](N)C(=O)O)OC)N(C)C(=O)C(NC(=O)C(C(C)C)N(C)CCc1ccc(N(C)C(=O)OCc2ccc(NC(=O)C(CCCNC(N)=O)NC(=O)C(NC(=O)CCCCCN3C(=O)C=CC3=O)C(C)C)cc2)cc1)C(C)C.O=C(O)C(F)(F)F. The number of amides is 11. The minimum atomic E-state index is -5.08. The summed E-state index contributed by atoms with van der Waals surface area (Å²) in [4.78, 5) is 177. The number of likely N-dealkylation sites (tertiary alicyclic amines) is 1. The minimum Gasteiger partial charge on any atom is -0.480 e. The van der Waals surface area contributed by atoms with Crippen LogP contribution in [0, 0.1) is 29.1 Å². The number of likely N-dealkylation sites (N-methyl/N-ethyl adjacent to an activating group) is 2. The molecular weight excluding hydrogens is 1460 g/mol. The van der Waals surface area contributed by atoms with Crippen LogP contribution < -0.4 is 43.0 Å². The zero-order chi connectivity index (χ0) is 84.1. The minimum absolute atomic E-state index is 0.0965. The molecule has 0 aliphatic carbocycles. The lowest BCUT2D eigenvalue weighted by Crippen LogP contribution is -2.60. The maximum atomic E-state index is 14.9. The first-order chi connectivity index (χ1) is 52.6. The maximum absolute atomic E-state index is 14.9. The molecule has 1 saturated heterocycles. The molecule has 11 atom stereocenters. The van der Waals surface area contributed by atoms with E-state index in [0.717, 1.165) is 10.5 Å². The molecule has 620 valence electrons. The van der Waals surface area contributed by atoms with Gasteiger partial charge in [0, 0.05) is 90.5 Å². The highest BCUT2D eigenvalue weighted by atomic mass is 19.4.